The molecular weight excluding hydrogens is 236 g/mol. The summed E-state index contributed by atoms with van der Waals surface area (Å²) >= 11 is 0. The minimum Gasteiger partial charge on any atom is -0.549 e. The van der Waals surface area contributed by atoms with Crippen LogP contribution in [0.4, 0.5) is 0 Å². The van der Waals surface area contributed by atoms with Crippen LogP contribution in [0.15, 0.2) is 42.2 Å². The van der Waals surface area contributed by atoms with E-state index in [2.05, 4.69) is 71.1 Å². The van der Waals surface area contributed by atoms with Gasteiger partial charge in [0.25, 0.3) is 0 Å². The van der Waals surface area contributed by atoms with E-state index in [-0.39, 0.29) is 5.04 Å². The molecule has 0 unspecified atom stereocenters. The Labute approximate surface area is 113 Å². The molecule has 1 aromatic carbocycles. The lowest BCUT2D eigenvalue weighted by Gasteiger charge is -2.35. The highest BCUT2D eigenvalue weighted by atomic mass is 28.4. The Balaban J connectivity index is 2.63. The summed E-state index contributed by atoms with van der Waals surface area (Å²) in [7, 11) is -1.66. The van der Waals surface area contributed by atoms with E-state index < -0.39 is 8.32 Å². The fourth-order valence-corrected chi connectivity index (χ4v) is 2.23. The molecule has 0 amide bonds. The van der Waals surface area contributed by atoms with Gasteiger partial charge in [-0.25, -0.2) is 0 Å². The maximum Gasteiger partial charge on any atom is 0.249 e. The van der Waals surface area contributed by atoms with E-state index in [1.165, 1.54) is 11.1 Å². The summed E-state index contributed by atoms with van der Waals surface area (Å²) in [6, 6.07) is 10.5. The molecule has 0 aliphatic carbocycles. The van der Waals surface area contributed by atoms with Crippen LogP contribution in [0.3, 0.4) is 0 Å². The van der Waals surface area contributed by atoms with E-state index in [9.17, 15) is 0 Å². The van der Waals surface area contributed by atoms with E-state index >= 15 is 0 Å². The van der Waals surface area contributed by atoms with Crippen LogP contribution in [0.25, 0.3) is 0 Å². The van der Waals surface area contributed by atoms with Crippen LogP contribution in [0.1, 0.15) is 33.3 Å². The van der Waals surface area contributed by atoms with E-state index in [0.29, 0.717) is 0 Å². The van der Waals surface area contributed by atoms with Crippen molar-refractivity contribution in [2.75, 3.05) is 0 Å². The summed E-state index contributed by atoms with van der Waals surface area (Å²) in [6.07, 6.45) is 2.94. The largest absolute Gasteiger partial charge is 0.549 e. The van der Waals surface area contributed by atoms with Gasteiger partial charge in [-0.2, -0.15) is 0 Å². The molecule has 2 heteroatoms. The van der Waals surface area contributed by atoms with Crippen molar-refractivity contribution in [1.82, 2.24) is 0 Å². The predicted molar refractivity (Wildman–Crippen MR) is 82.2 cm³/mol. The van der Waals surface area contributed by atoms with Crippen molar-refractivity contribution >= 4 is 8.32 Å². The van der Waals surface area contributed by atoms with Gasteiger partial charge in [0.2, 0.25) is 8.32 Å². The zero-order chi connectivity index (χ0) is 13.8. The van der Waals surface area contributed by atoms with Crippen molar-refractivity contribution in [1.29, 1.82) is 0 Å². The van der Waals surface area contributed by atoms with Crippen molar-refractivity contribution in [3.8, 4) is 0 Å². The maximum absolute atomic E-state index is 6.10. The summed E-state index contributed by atoms with van der Waals surface area (Å²) < 4.78 is 6.10. The molecule has 0 aromatic heterocycles. The number of hydrogen-bond donors (Lipinski definition) is 0. The van der Waals surface area contributed by atoms with Gasteiger partial charge in [-0.3, -0.25) is 0 Å². The lowest BCUT2D eigenvalue weighted by molar-refractivity contribution is 0.425. The second-order valence-electron chi connectivity index (χ2n) is 6.50. The highest BCUT2D eigenvalue weighted by Gasteiger charge is 2.37. The van der Waals surface area contributed by atoms with Gasteiger partial charge in [0, 0.05) is 0 Å². The maximum atomic E-state index is 6.10. The molecule has 1 nitrogen and oxygen atoms in total. The molecule has 0 fully saturated rings. The summed E-state index contributed by atoms with van der Waals surface area (Å²) in [5.41, 5.74) is 2.62. The molecule has 0 radical (unpaired) electrons. The van der Waals surface area contributed by atoms with Gasteiger partial charge in [0.15, 0.2) is 0 Å². The lowest BCUT2D eigenvalue weighted by Crippen LogP contribution is -2.39. The highest BCUT2D eigenvalue weighted by Crippen LogP contribution is 2.36. The molecule has 1 aromatic rings. The number of rotatable bonds is 4. The Bertz CT molecular complexity index is 399. The third-order valence-electron chi connectivity index (χ3n) is 3.69. The SMILES string of the molecule is C/C(=C\O[Si](C)(C)C(C)(C)C)Cc1ccccc1. The zero-order valence-electron chi connectivity index (χ0n) is 12.6. The predicted octanol–water partition coefficient (Wildman–Crippen LogP) is 5.15. The van der Waals surface area contributed by atoms with Gasteiger partial charge in [-0.05, 0) is 42.6 Å². The number of allylic oxidation sites excluding steroid dienone is 1. The van der Waals surface area contributed by atoms with Crippen LogP contribution in [-0.4, -0.2) is 8.32 Å². The molecule has 0 heterocycles. The number of benzene rings is 1. The second-order valence-corrected chi connectivity index (χ2v) is 11.3. The summed E-state index contributed by atoms with van der Waals surface area (Å²) in [4.78, 5) is 0. The first-order chi connectivity index (χ1) is 8.22. The molecule has 0 aliphatic rings. The third kappa shape index (κ3) is 4.34. The summed E-state index contributed by atoms with van der Waals surface area (Å²) in [6.45, 7) is 13.5. The second kappa shape index (κ2) is 5.74. The zero-order valence-corrected chi connectivity index (χ0v) is 13.6. The van der Waals surface area contributed by atoms with Crippen LogP contribution >= 0.6 is 0 Å². The summed E-state index contributed by atoms with van der Waals surface area (Å²) in [5.74, 6) is 0. The monoisotopic (exact) mass is 262 g/mol. The van der Waals surface area contributed by atoms with Gasteiger partial charge in [-0.15, -0.1) is 0 Å². The van der Waals surface area contributed by atoms with Crippen molar-refractivity contribution < 1.29 is 4.43 Å². The van der Waals surface area contributed by atoms with Gasteiger partial charge < -0.3 is 4.43 Å². The van der Waals surface area contributed by atoms with Gasteiger partial charge in [-0.1, -0.05) is 51.1 Å². The molecule has 1 rings (SSSR count). The lowest BCUT2D eigenvalue weighted by atomic mass is 10.1. The van der Waals surface area contributed by atoms with Crippen molar-refractivity contribution in [2.45, 2.75) is 52.2 Å². The summed E-state index contributed by atoms with van der Waals surface area (Å²) in [5, 5.41) is 0.260. The van der Waals surface area contributed by atoms with Crippen LogP contribution in [0, 0.1) is 0 Å². The molecule has 0 spiro atoms. The van der Waals surface area contributed by atoms with Gasteiger partial charge in [0.1, 0.15) is 0 Å². The molecule has 0 saturated heterocycles. The normalized spacial score (nSPS) is 13.6. The smallest absolute Gasteiger partial charge is 0.249 e. The fourth-order valence-electron chi connectivity index (χ4n) is 1.38. The Morgan fingerprint density at radius 2 is 1.72 bits per heavy atom. The van der Waals surface area contributed by atoms with Crippen LogP contribution in [-0.2, 0) is 10.8 Å². The molecule has 0 atom stereocenters. The topological polar surface area (TPSA) is 9.23 Å². The van der Waals surface area contributed by atoms with E-state index in [1.54, 1.807) is 0 Å². The molecule has 0 N–H and O–H groups in total. The Kier molecular flexibility index (Phi) is 4.80. The Morgan fingerprint density at radius 1 is 1.17 bits per heavy atom. The quantitative estimate of drug-likeness (QED) is 0.538. The first-order valence-electron chi connectivity index (χ1n) is 6.60. The average Bonchev–Trinajstić information content (AvgIpc) is 2.26. The first kappa shape index (κ1) is 15.0. The number of hydrogen-bond acceptors (Lipinski definition) is 1. The minimum absolute atomic E-state index is 0.260. The average molecular weight is 262 g/mol. The molecular formula is C16H26OSi. The molecule has 0 bridgehead atoms. The fraction of sp³-hybridized carbons (Fsp3) is 0.500. The third-order valence-corrected chi connectivity index (χ3v) is 8.01. The molecule has 18 heavy (non-hydrogen) atoms. The Hall–Kier alpha value is -1.02. The molecule has 100 valence electrons. The first-order valence-corrected chi connectivity index (χ1v) is 9.50. The van der Waals surface area contributed by atoms with Crippen molar-refractivity contribution in [3.05, 3.63) is 47.7 Å². The Morgan fingerprint density at radius 3 is 2.22 bits per heavy atom. The minimum atomic E-state index is -1.66. The van der Waals surface area contributed by atoms with Gasteiger partial charge in [0.05, 0.1) is 6.26 Å². The molecule has 0 saturated carbocycles. The van der Waals surface area contributed by atoms with Crippen LogP contribution < -0.4 is 0 Å². The van der Waals surface area contributed by atoms with E-state index in [0.717, 1.165) is 6.42 Å². The standard InChI is InChI=1S/C16H26OSi/c1-14(12-15-10-8-7-9-11-15)13-17-18(5,6)16(2,3)4/h7-11,13H,12H2,1-6H3/b14-13+. The van der Waals surface area contributed by atoms with E-state index in [4.69, 9.17) is 4.43 Å². The van der Waals surface area contributed by atoms with Crippen LogP contribution in [0.5, 0.6) is 0 Å². The highest BCUT2D eigenvalue weighted by molar-refractivity contribution is 6.74. The van der Waals surface area contributed by atoms with E-state index in [1.807, 2.05) is 6.26 Å². The van der Waals surface area contributed by atoms with Gasteiger partial charge >= 0.3 is 0 Å². The van der Waals surface area contributed by atoms with Crippen molar-refractivity contribution in [3.63, 3.8) is 0 Å². The molecule has 0 aliphatic heterocycles. The van der Waals surface area contributed by atoms with Crippen molar-refractivity contribution in [2.24, 2.45) is 0 Å². The van der Waals surface area contributed by atoms with Crippen LogP contribution in [0.2, 0.25) is 18.1 Å².